The summed E-state index contributed by atoms with van der Waals surface area (Å²) in [5.41, 5.74) is 1.07. The smallest absolute Gasteiger partial charge is 0.0627 e. The molecule has 0 fully saturated rings. The van der Waals surface area contributed by atoms with Crippen LogP contribution in [-0.2, 0) is 6.54 Å². The van der Waals surface area contributed by atoms with Crippen molar-refractivity contribution in [1.29, 1.82) is 0 Å². The van der Waals surface area contributed by atoms with Gasteiger partial charge in [-0.25, -0.2) is 0 Å². The molecule has 1 atom stereocenters. The van der Waals surface area contributed by atoms with E-state index >= 15 is 0 Å². The van der Waals surface area contributed by atoms with Gasteiger partial charge in [-0.3, -0.25) is 4.68 Å². The molecule has 0 aliphatic heterocycles. The first-order valence-corrected chi connectivity index (χ1v) is 5.68. The van der Waals surface area contributed by atoms with E-state index in [2.05, 4.69) is 24.3 Å². The van der Waals surface area contributed by atoms with Crippen molar-refractivity contribution in [2.24, 2.45) is 0 Å². The zero-order chi connectivity index (χ0) is 11.1. The molecule has 4 heteroatoms. The predicted octanol–water partition coefficient (Wildman–Crippen LogP) is 1.33. The van der Waals surface area contributed by atoms with Gasteiger partial charge in [0.25, 0.3) is 0 Å². The maximum absolute atomic E-state index is 9.25. The number of hydrogen-bond donors (Lipinski definition) is 2. The molecule has 0 spiro atoms. The van der Waals surface area contributed by atoms with E-state index in [0.717, 1.165) is 31.5 Å². The molecule has 86 valence electrons. The van der Waals surface area contributed by atoms with Gasteiger partial charge in [0.1, 0.15) is 0 Å². The maximum Gasteiger partial charge on any atom is 0.0627 e. The molecule has 0 aliphatic rings. The first-order chi connectivity index (χ1) is 7.31. The fourth-order valence-electron chi connectivity index (χ4n) is 1.52. The molecule has 15 heavy (non-hydrogen) atoms. The number of rotatable bonds is 7. The van der Waals surface area contributed by atoms with Crippen molar-refractivity contribution in [3.8, 4) is 0 Å². The molecule has 1 unspecified atom stereocenters. The quantitative estimate of drug-likeness (QED) is 0.715. The number of aliphatic hydroxyl groups excluding tert-OH is 1. The summed E-state index contributed by atoms with van der Waals surface area (Å²) >= 11 is 0. The Morgan fingerprint density at radius 2 is 2.27 bits per heavy atom. The fraction of sp³-hybridized carbons (Fsp3) is 0.727. The van der Waals surface area contributed by atoms with Crippen LogP contribution in [0.15, 0.2) is 12.4 Å². The lowest BCUT2D eigenvalue weighted by Crippen LogP contribution is -2.24. The highest BCUT2D eigenvalue weighted by Crippen LogP contribution is 2.11. The fourth-order valence-corrected chi connectivity index (χ4v) is 1.52. The first-order valence-electron chi connectivity index (χ1n) is 5.68. The molecule has 0 radical (unpaired) electrons. The number of aryl methyl sites for hydroxylation is 1. The number of nitrogens with one attached hydrogen (secondary N) is 1. The lowest BCUT2D eigenvalue weighted by Gasteiger charge is -2.13. The van der Waals surface area contributed by atoms with Gasteiger partial charge < -0.3 is 10.4 Å². The Labute approximate surface area is 91.3 Å². The van der Waals surface area contributed by atoms with Crippen LogP contribution in [0.2, 0.25) is 0 Å². The molecule has 0 aromatic carbocycles. The van der Waals surface area contributed by atoms with Crippen LogP contribution in [0.4, 0.5) is 0 Å². The molecular weight excluding hydrogens is 190 g/mol. The summed E-state index contributed by atoms with van der Waals surface area (Å²) in [5, 5.41) is 16.8. The zero-order valence-corrected chi connectivity index (χ0v) is 9.61. The van der Waals surface area contributed by atoms with Gasteiger partial charge in [-0.1, -0.05) is 13.8 Å². The molecule has 1 aromatic heterocycles. The van der Waals surface area contributed by atoms with Crippen LogP contribution in [0.25, 0.3) is 0 Å². The second-order valence-electron chi connectivity index (χ2n) is 3.73. The van der Waals surface area contributed by atoms with Crippen molar-refractivity contribution in [3.05, 3.63) is 18.0 Å². The molecule has 1 rings (SSSR count). The molecule has 0 saturated heterocycles. The Kier molecular flexibility index (Phi) is 5.36. The molecule has 0 amide bonds. The van der Waals surface area contributed by atoms with Crippen molar-refractivity contribution in [2.75, 3.05) is 13.2 Å². The highest BCUT2D eigenvalue weighted by molar-refractivity contribution is 5.10. The SMILES string of the molecule is CCCNC(CO)c1cnn(CCC)c1. The summed E-state index contributed by atoms with van der Waals surface area (Å²) in [6, 6.07) is 0.0237. The number of aromatic nitrogens is 2. The monoisotopic (exact) mass is 211 g/mol. The minimum Gasteiger partial charge on any atom is -0.394 e. The van der Waals surface area contributed by atoms with Crippen LogP contribution in [0.1, 0.15) is 38.3 Å². The Morgan fingerprint density at radius 1 is 1.47 bits per heavy atom. The van der Waals surface area contributed by atoms with E-state index in [4.69, 9.17) is 0 Å². The van der Waals surface area contributed by atoms with Gasteiger partial charge in [0.15, 0.2) is 0 Å². The van der Waals surface area contributed by atoms with Crippen molar-refractivity contribution in [1.82, 2.24) is 15.1 Å². The van der Waals surface area contributed by atoms with Gasteiger partial charge in [-0.15, -0.1) is 0 Å². The standard InChI is InChI=1S/C11H21N3O/c1-3-5-12-11(9-15)10-7-13-14(8-10)6-4-2/h7-8,11-12,15H,3-6,9H2,1-2H3. The van der Waals surface area contributed by atoms with Gasteiger partial charge in [0.05, 0.1) is 18.8 Å². The zero-order valence-electron chi connectivity index (χ0n) is 9.61. The average molecular weight is 211 g/mol. The van der Waals surface area contributed by atoms with Crippen LogP contribution in [-0.4, -0.2) is 28.0 Å². The van der Waals surface area contributed by atoms with Crippen LogP contribution in [0.5, 0.6) is 0 Å². The second kappa shape index (κ2) is 6.58. The molecule has 1 aromatic rings. The lowest BCUT2D eigenvalue weighted by atomic mass is 10.2. The third kappa shape index (κ3) is 3.64. The Balaban J connectivity index is 2.57. The van der Waals surface area contributed by atoms with E-state index in [-0.39, 0.29) is 12.6 Å². The van der Waals surface area contributed by atoms with Gasteiger partial charge in [0, 0.05) is 18.3 Å². The van der Waals surface area contributed by atoms with E-state index < -0.39 is 0 Å². The van der Waals surface area contributed by atoms with Crippen molar-refractivity contribution in [2.45, 2.75) is 39.3 Å². The highest BCUT2D eigenvalue weighted by atomic mass is 16.3. The van der Waals surface area contributed by atoms with Gasteiger partial charge in [-0.05, 0) is 19.4 Å². The Morgan fingerprint density at radius 3 is 2.87 bits per heavy atom. The van der Waals surface area contributed by atoms with Gasteiger partial charge >= 0.3 is 0 Å². The molecule has 0 bridgehead atoms. The third-order valence-electron chi connectivity index (χ3n) is 2.33. The van der Waals surface area contributed by atoms with Crippen molar-refractivity contribution < 1.29 is 5.11 Å². The molecule has 4 nitrogen and oxygen atoms in total. The highest BCUT2D eigenvalue weighted by Gasteiger charge is 2.10. The third-order valence-corrected chi connectivity index (χ3v) is 2.33. The van der Waals surface area contributed by atoms with E-state index in [9.17, 15) is 5.11 Å². The summed E-state index contributed by atoms with van der Waals surface area (Å²) in [4.78, 5) is 0. The summed E-state index contributed by atoms with van der Waals surface area (Å²) in [6.45, 7) is 6.22. The molecule has 1 heterocycles. The first kappa shape index (κ1) is 12.2. The predicted molar refractivity (Wildman–Crippen MR) is 60.6 cm³/mol. The van der Waals surface area contributed by atoms with Crippen molar-refractivity contribution >= 4 is 0 Å². The topological polar surface area (TPSA) is 50.1 Å². The van der Waals surface area contributed by atoms with Crippen LogP contribution >= 0.6 is 0 Å². The summed E-state index contributed by atoms with van der Waals surface area (Å²) in [6.07, 6.45) is 5.99. The number of nitrogens with zero attached hydrogens (tertiary/aromatic N) is 2. The van der Waals surface area contributed by atoms with Gasteiger partial charge in [-0.2, -0.15) is 5.10 Å². The molecular formula is C11H21N3O. The molecule has 0 aliphatic carbocycles. The van der Waals surface area contributed by atoms with E-state index in [1.807, 2.05) is 17.1 Å². The summed E-state index contributed by atoms with van der Waals surface area (Å²) in [5.74, 6) is 0. The number of hydrogen-bond acceptors (Lipinski definition) is 3. The maximum atomic E-state index is 9.25. The second-order valence-corrected chi connectivity index (χ2v) is 3.73. The largest absolute Gasteiger partial charge is 0.394 e. The average Bonchev–Trinajstić information content (AvgIpc) is 2.68. The van der Waals surface area contributed by atoms with Crippen LogP contribution in [0.3, 0.4) is 0 Å². The Bertz CT molecular complexity index is 273. The van der Waals surface area contributed by atoms with Crippen molar-refractivity contribution in [3.63, 3.8) is 0 Å². The normalized spacial score (nSPS) is 13.0. The summed E-state index contributed by atoms with van der Waals surface area (Å²) < 4.78 is 1.92. The molecule has 0 saturated carbocycles. The van der Waals surface area contributed by atoms with Gasteiger partial charge in [0.2, 0.25) is 0 Å². The summed E-state index contributed by atoms with van der Waals surface area (Å²) in [7, 11) is 0. The van der Waals surface area contributed by atoms with E-state index in [0.29, 0.717) is 0 Å². The van der Waals surface area contributed by atoms with E-state index in [1.165, 1.54) is 0 Å². The minimum atomic E-state index is 0.0237. The number of aliphatic hydroxyl groups is 1. The minimum absolute atomic E-state index is 0.0237. The van der Waals surface area contributed by atoms with Crippen LogP contribution in [0, 0.1) is 0 Å². The molecule has 2 N–H and O–H groups in total. The Hall–Kier alpha value is -0.870. The van der Waals surface area contributed by atoms with E-state index in [1.54, 1.807) is 0 Å². The lowest BCUT2D eigenvalue weighted by molar-refractivity contribution is 0.245. The van der Waals surface area contributed by atoms with Crippen LogP contribution < -0.4 is 5.32 Å².